The molecule has 128 valence electrons. The molecule has 2 N–H and O–H groups in total. The highest BCUT2D eigenvalue weighted by atomic mass is 32.2. The largest absolute Gasteiger partial charge is 0.366 e. The average molecular weight is 346 g/mol. The minimum Gasteiger partial charge on any atom is -0.366 e. The molecule has 0 aliphatic heterocycles. The van der Waals surface area contributed by atoms with Gasteiger partial charge in [0, 0.05) is 6.04 Å². The first-order chi connectivity index (χ1) is 11.4. The summed E-state index contributed by atoms with van der Waals surface area (Å²) in [5.74, 6) is 0.890. The van der Waals surface area contributed by atoms with Gasteiger partial charge in [-0.1, -0.05) is 18.9 Å². The van der Waals surface area contributed by atoms with Gasteiger partial charge in [0.15, 0.2) is 5.82 Å². The first-order valence-corrected chi connectivity index (χ1v) is 9.63. The van der Waals surface area contributed by atoms with Crippen LogP contribution in [0.5, 0.6) is 0 Å². The zero-order chi connectivity index (χ0) is 17.2. The molecule has 0 unspecified atom stereocenters. The molecule has 0 radical (unpaired) electrons. The molecule has 24 heavy (non-hydrogen) atoms. The van der Waals surface area contributed by atoms with E-state index < -0.39 is 10.0 Å². The lowest BCUT2D eigenvalue weighted by Gasteiger charge is -2.12. The van der Waals surface area contributed by atoms with Gasteiger partial charge in [-0.2, -0.15) is 0 Å². The van der Waals surface area contributed by atoms with E-state index in [2.05, 4.69) is 20.2 Å². The Labute approximate surface area is 142 Å². The van der Waals surface area contributed by atoms with Crippen LogP contribution < -0.4 is 10.0 Å². The number of aromatic nitrogens is 2. The van der Waals surface area contributed by atoms with Crippen molar-refractivity contribution in [2.45, 2.75) is 50.5 Å². The summed E-state index contributed by atoms with van der Waals surface area (Å²) < 4.78 is 27.3. The number of nitrogens with one attached hydrogen (secondary N) is 2. The Morgan fingerprint density at radius 3 is 2.25 bits per heavy atom. The predicted octanol–water partition coefficient (Wildman–Crippen LogP) is 3.25. The first kappa shape index (κ1) is 16.7. The number of hydrogen-bond donors (Lipinski definition) is 2. The summed E-state index contributed by atoms with van der Waals surface area (Å²) in [5, 5.41) is 11.4. The van der Waals surface area contributed by atoms with Crippen LogP contribution in [-0.2, 0) is 10.0 Å². The van der Waals surface area contributed by atoms with E-state index in [0.29, 0.717) is 11.9 Å². The standard InChI is InChI=1S/C17H22N4O2S/c1-12-7-8-15(11-13(12)2)24(22,23)21-17-10-9-16(19-20-17)18-14-5-3-4-6-14/h7-11,14H,3-6H2,1-2H3,(H,18,19)(H,20,21). The monoisotopic (exact) mass is 346 g/mol. The van der Waals surface area contributed by atoms with Crippen molar-refractivity contribution in [1.82, 2.24) is 10.2 Å². The van der Waals surface area contributed by atoms with Crippen molar-refractivity contribution >= 4 is 21.7 Å². The molecule has 0 amide bonds. The van der Waals surface area contributed by atoms with Crippen LogP contribution in [0.2, 0.25) is 0 Å². The van der Waals surface area contributed by atoms with Gasteiger partial charge < -0.3 is 5.32 Å². The maximum Gasteiger partial charge on any atom is 0.263 e. The topological polar surface area (TPSA) is 84.0 Å². The number of sulfonamides is 1. The number of hydrogen-bond acceptors (Lipinski definition) is 5. The average Bonchev–Trinajstić information content (AvgIpc) is 3.04. The zero-order valence-electron chi connectivity index (χ0n) is 13.9. The smallest absolute Gasteiger partial charge is 0.263 e. The minimum absolute atomic E-state index is 0.213. The van der Waals surface area contributed by atoms with Crippen LogP contribution in [0.3, 0.4) is 0 Å². The summed E-state index contributed by atoms with van der Waals surface area (Å²) in [4.78, 5) is 0.223. The lowest BCUT2D eigenvalue weighted by molar-refractivity contribution is 0.601. The maximum absolute atomic E-state index is 12.4. The van der Waals surface area contributed by atoms with Crippen molar-refractivity contribution in [3.8, 4) is 0 Å². The lowest BCUT2D eigenvalue weighted by atomic mass is 10.1. The van der Waals surface area contributed by atoms with E-state index in [1.807, 2.05) is 13.8 Å². The van der Waals surface area contributed by atoms with Crippen molar-refractivity contribution in [1.29, 1.82) is 0 Å². The van der Waals surface area contributed by atoms with Gasteiger partial charge in [-0.3, -0.25) is 4.72 Å². The second-order valence-corrected chi connectivity index (χ2v) is 7.96. The van der Waals surface area contributed by atoms with E-state index in [-0.39, 0.29) is 10.7 Å². The molecule has 1 saturated carbocycles. The van der Waals surface area contributed by atoms with Crippen LogP contribution in [0.1, 0.15) is 36.8 Å². The van der Waals surface area contributed by atoms with E-state index in [1.54, 1.807) is 30.3 Å². The molecule has 1 fully saturated rings. The highest BCUT2D eigenvalue weighted by Crippen LogP contribution is 2.22. The second-order valence-electron chi connectivity index (χ2n) is 6.28. The van der Waals surface area contributed by atoms with E-state index in [1.165, 1.54) is 12.8 Å². The lowest BCUT2D eigenvalue weighted by Crippen LogP contribution is -2.17. The minimum atomic E-state index is -3.66. The van der Waals surface area contributed by atoms with E-state index in [9.17, 15) is 8.42 Å². The molecule has 7 heteroatoms. The van der Waals surface area contributed by atoms with Crippen molar-refractivity contribution in [2.75, 3.05) is 10.0 Å². The Balaban J connectivity index is 1.71. The molecule has 0 atom stereocenters. The summed E-state index contributed by atoms with van der Waals surface area (Å²) in [6, 6.07) is 8.86. The molecule has 2 aromatic rings. The molecule has 1 aromatic heterocycles. The predicted molar refractivity (Wildman–Crippen MR) is 94.6 cm³/mol. The summed E-state index contributed by atoms with van der Waals surface area (Å²) in [6.07, 6.45) is 4.75. The molecule has 1 aliphatic carbocycles. The Morgan fingerprint density at radius 2 is 1.62 bits per heavy atom. The van der Waals surface area contributed by atoms with Gasteiger partial charge in [-0.05, 0) is 62.1 Å². The number of nitrogens with zero attached hydrogens (tertiary/aromatic N) is 2. The van der Waals surface area contributed by atoms with Crippen molar-refractivity contribution in [3.05, 3.63) is 41.5 Å². The van der Waals surface area contributed by atoms with Crippen LogP contribution >= 0.6 is 0 Å². The molecule has 0 bridgehead atoms. The fraction of sp³-hybridized carbons (Fsp3) is 0.412. The summed E-state index contributed by atoms with van der Waals surface area (Å²) in [6.45, 7) is 3.83. The Hall–Kier alpha value is -2.15. The summed E-state index contributed by atoms with van der Waals surface area (Å²) in [5.41, 5.74) is 1.98. The van der Waals surface area contributed by atoms with Gasteiger partial charge in [-0.15, -0.1) is 10.2 Å². The van der Waals surface area contributed by atoms with Gasteiger partial charge in [0.1, 0.15) is 5.82 Å². The molecular weight excluding hydrogens is 324 g/mol. The Bertz CT molecular complexity index is 813. The van der Waals surface area contributed by atoms with Gasteiger partial charge in [0.05, 0.1) is 4.90 Å². The third kappa shape index (κ3) is 3.84. The molecule has 1 heterocycles. The van der Waals surface area contributed by atoms with Crippen LogP contribution in [0.25, 0.3) is 0 Å². The van der Waals surface area contributed by atoms with Crippen LogP contribution in [-0.4, -0.2) is 24.7 Å². The normalized spacial score (nSPS) is 15.4. The van der Waals surface area contributed by atoms with Crippen molar-refractivity contribution in [2.24, 2.45) is 0 Å². The van der Waals surface area contributed by atoms with Gasteiger partial charge in [-0.25, -0.2) is 8.42 Å². The highest BCUT2D eigenvalue weighted by molar-refractivity contribution is 7.92. The molecule has 0 saturated heterocycles. The van der Waals surface area contributed by atoms with Crippen LogP contribution in [0.15, 0.2) is 35.2 Å². The highest BCUT2D eigenvalue weighted by Gasteiger charge is 2.17. The molecule has 6 nitrogen and oxygen atoms in total. The quantitative estimate of drug-likeness (QED) is 0.868. The molecule has 3 rings (SSSR count). The molecular formula is C17H22N4O2S. The SMILES string of the molecule is Cc1ccc(S(=O)(=O)Nc2ccc(NC3CCCC3)nn2)cc1C. The number of anilines is 2. The third-order valence-corrected chi connectivity index (χ3v) is 5.75. The molecule has 0 spiro atoms. The van der Waals surface area contributed by atoms with Gasteiger partial charge in [0.2, 0.25) is 0 Å². The first-order valence-electron chi connectivity index (χ1n) is 8.14. The number of aryl methyl sites for hydroxylation is 2. The Kier molecular flexibility index (Phi) is 4.71. The second kappa shape index (κ2) is 6.76. The fourth-order valence-corrected chi connectivity index (χ4v) is 3.90. The van der Waals surface area contributed by atoms with Crippen molar-refractivity contribution in [3.63, 3.8) is 0 Å². The van der Waals surface area contributed by atoms with Crippen LogP contribution in [0, 0.1) is 13.8 Å². The fourth-order valence-electron chi connectivity index (χ4n) is 2.82. The summed E-state index contributed by atoms with van der Waals surface area (Å²) >= 11 is 0. The van der Waals surface area contributed by atoms with Gasteiger partial charge in [0.25, 0.3) is 10.0 Å². The zero-order valence-corrected chi connectivity index (χ0v) is 14.7. The Morgan fingerprint density at radius 1 is 0.958 bits per heavy atom. The van der Waals surface area contributed by atoms with E-state index in [0.717, 1.165) is 24.0 Å². The maximum atomic E-state index is 12.4. The summed E-state index contributed by atoms with van der Waals surface area (Å²) in [7, 11) is -3.66. The van der Waals surface area contributed by atoms with Gasteiger partial charge >= 0.3 is 0 Å². The van der Waals surface area contributed by atoms with E-state index in [4.69, 9.17) is 0 Å². The van der Waals surface area contributed by atoms with E-state index >= 15 is 0 Å². The molecule has 1 aliphatic rings. The van der Waals surface area contributed by atoms with Crippen LogP contribution in [0.4, 0.5) is 11.6 Å². The molecule has 1 aromatic carbocycles. The number of rotatable bonds is 5. The third-order valence-electron chi connectivity index (χ3n) is 4.40. The number of benzene rings is 1. The van der Waals surface area contributed by atoms with Crippen molar-refractivity contribution < 1.29 is 8.42 Å².